The molecular weight excluding hydrogens is 250 g/mol. The first-order chi connectivity index (χ1) is 9.10. The first kappa shape index (κ1) is 12.8. The maximum Gasteiger partial charge on any atom is 0.339 e. The predicted octanol–water partition coefficient (Wildman–Crippen LogP) is 1.10. The lowest BCUT2D eigenvalue weighted by molar-refractivity contribution is 0.0557. The molecule has 0 aliphatic heterocycles. The molecule has 2 rings (SSSR count). The second-order valence-electron chi connectivity index (χ2n) is 3.74. The van der Waals surface area contributed by atoms with Crippen molar-refractivity contribution in [3.05, 3.63) is 45.7 Å². The molecule has 0 unspecified atom stereocenters. The minimum absolute atomic E-state index is 0.00134. The summed E-state index contributed by atoms with van der Waals surface area (Å²) in [5.41, 5.74) is -0.0206. The van der Waals surface area contributed by atoms with Gasteiger partial charge in [-0.05, 0) is 12.1 Å². The van der Waals surface area contributed by atoms with E-state index in [4.69, 9.17) is 0 Å². The first-order valence-electron chi connectivity index (χ1n) is 5.41. The van der Waals surface area contributed by atoms with Crippen LogP contribution in [0, 0.1) is 0 Å². The van der Waals surface area contributed by atoms with E-state index in [1.54, 1.807) is 0 Å². The number of H-pyrrole nitrogens is 1. The first-order valence-corrected chi connectivity index (χ1v) is 5.41. The van der Waals surface area contributed by atoms with Crippen molar-refractivity contribution >= 4 is 22.8 Å². The topological polar surface area (TPSA) is 85.5 Å². The highest BCUT2D eigenvalue weighted by Gasteiger charge is 2.22. The normalized spacial score (nSPS) is 10.2. The van der Waals surface area contributed by atoms with Gasteiger partial charge in [-0.15, -0.1) is 0 Å². The fourth-order valence-electron chi connectivity index (χ4n) is 1.86. The van der Waals surface area contributed by atoms with Crippen molar-refractivity contribution in [3.63, 3.8) is 0 Å². The van der Waals surface area contributed by atoms with Gasteiger partial charge in [0.2, 0.25) is 0 Å². The molecule has 0 atom stereocenters. The van der Waals surface area contributed by atoms with E-state index in [-0.39, 0.29) is 21.9 Å². The lowest BCUT2D eigenvalue weighted by Gasteiger charge is -2.09. The molecule has 0 amide bonds. The van der Waals surface area contributed by atoms with Crippen molar-refractivity contribution in [1.29, 1.82) is 0 Å². The summed E-state index contributed by atoms with van der Waals surface area (Å²) in [4.78, 5) is 38.2. The molecule has 0 saturated heterocycles. The zero-order chi connectivity index (χ0) is 14.0. The third kappa shape index (κ3) is 2.08. The molecule has 6 heteroatoms. The Hall–Kier alpha value is -2.63. The van der Waals surface area contributed by atoms with Gasteiger partial charge in [-0.3, -0.25) is 4.79 Å². The van der Waals surface area contributed by atoms with Crippen LogP contribution in [0.4, 0.5) is 0 Å². The number of aromatic nitrogens is 1. The van der Waals surface area contributed by atoms with Crippen LogP contribution in [0.3, 0.4) is 0 Å². The van der Waals surface area contributed by atoms with E-state index in [9.17, 15) is 14.4 Å². The molecular formula is C13H11NO5. The molecule has 1 N–H and O–H groups in total. The van der Waals surface area contributed by atoms with Crippen LogP contribution >= 0.6 is 0 Å². The Morgan fingerprint density at radius 1 is 1.05 bits per heavy atom. The zero-order valence-electron chi connectivity index (χ0n) is 10.4. The zero-order valence-corrected chi connectivity index (χ0v) is 10.4. The number of nitrogens with one attached hydrogen (secondary N) is 1. The quantitative estimate of drug-likeness (QED) is 0.818. The van der Waals surface area contributed by atoms with Crippen LogP contribution < -0.4 is 5.43 Å². The molecule has 0 radical (unpaired) electrons. The Kier molecular flexibility index (Phi) is 3.33. The van der Waals surface area contributed by atoms with Crippen LogP contribution in [0.25, 0.3) is 10.9 Å². The second-order valence-corrected chi connectivity index (χ2v) is 3.74. The van der Waals surface area contributed by atoms with Crippen LogP contribution in [-0.4, -0.2) is 31.1 Å². The SMILES string of the molecule is COC(=O)c1ccc2[nH]ccc(=O)c2c1C(=O)OC. The van der Waals surface area contributed by atoms with E-state index in [1.807, 2.05) is 0 Å². The number of esters is 2. The molecule has 0 aliphatic rings. The number of methoxy groups -OCH3 is 2. The van der Waals surface area contributed by atoms with E-state index in [0.29, 0.717) is 5.52 Å². The number of rotatable bonds is 2. The Balaban J connectivity index is 2.92. The summed E-state index contributed by atoms with van der Waals surface area (Å²) in [6.07, 6.45) is 1.46. The van der Waals surface area contributed by atoms with Gasteiger partial charge in [-0.1, -0.05) is 0 Å². The van der Waals surface area contributed by atoms with E-state index in [0.717, 1.165) is 0 Å². The highest BCUT2D eigenvalue weighted by atomic mass is 16.5. The van der Waals surface area contributed by atoms with Crippen LogP contribution in [-0.2, 0) is 9.47 Å². The summed E-state index contributed by atoms with van der Waals surface area (Å²) < 4.78 is 9.24. The molecule has 1 aromatic heterocycles. The van der Waals surface area contributed by atoms with E-state index in [2.05, 4.69) is 14.5 Å². The molecule has 0 bridgehead atoms. The van der Waals surface area contributed by atoms with Gasteiger partial charge in [0.05, 0.1) is 36.2 Å². The van der Waals surface area contributed by atoms with Crippen molar-refractivity contribution in [2.75, 3.05) is 14.2 Å². The van der Waals surface area contributed by atoms with Crippen LogP contribution in [0.1, 0.15) is 20.7 Å². The largest absolute Gasteiger partial charge is 0.465 e. The minimum atomic E-state index is -0.761. The number of carbonyl (C=O) groups excluding carboxylic acids is 2. The average Bonchev–Trinajstić information content (AvgIpc) is 2.44. The van der Waals surface area contributed by atoms with Crippen molar-refractivity contribution in [2.24, 2.45) is 0 Å². The highest BCUT2D eigenvalue weighted by Crippen LogP contribution is 2.20. The number of benzene rings is 1. The summed E-state index contributed by atoms with van der Waals surface area (Å²) in [5, 5.41) is 0.109. The van der Waals surface area contributed by atoms with Gasteiger partial charge in [0, 0.05) is 12.3 Å². The van der Waals surface area contributed by atoms with Gasteiger partial charge >= 0.3 is 11.9 Å². The molecule has 0 aliphatic carbocycles. The van der Waals surface area contributed by atoms with E-state index < -0.39 is 11.9 Å². The molecule has 0 spiro atoms. The lowest BCUT2D eigenvalue weighted by atomic mass is 10.0. The van der Waals surface area contributed by atoms with Crippen molar-refractivity contribution in [1.82, 2.24) is 4.98 Å². The molecule has 98 valence electrons. The van der Waals surface area contributed by atoms with Crippen molar-refractivity contribution in [3.8, 4) is 0 Å². The van der Waals surface area contributed by atoms with Gasteiger partial charge in [0.1, 0.15) is 0 Å². The summed E-state index contributed by atoms with van der Waals surface area (Å²) in [6.45, 7) is 0. The fraction of sp³-hybridized carbons (Fsp3) is 0.154. The van der Waals surface area contributed by atoms with Crippen LogP contribution in [0.5, 0.6) is 0 Å². The van der Waals surface area contributed by atoms with Gasteiger partial charge in [-0.25, -0.2) is 9.59 Å². The Morgan fingerprint density at radius 3 is 2.37 bits per heavy atom. The van der Waals surface area contributed by atoms with Crippen molar-refractivity contribution < 1.29 is 19.1 Å². The monoisotopic (exact) mass is 261 g/mol. The molecule has 0 fully saturated rings. The van der Waals surface area contributed by atoms with E-state index >= 15 is 0 Å². The molecule has 19 heavy (non-hydrogen) atoms. The third-order valence-corrected chi connectivity index (χ3v) is 2.72. The predicted molar refractivity (Wildman–Crippen MR) is 67.2 cm³/mol. The van der Waals surface area contributed by atoms with Gasteiger partial charge in [0.25, 0.3) is 0 Å². The van der Waals surface area contributed by atoms with Crippen LogP contribution in [0.2, 0.25) is 0 Å². The summed E-state index contributed by atoms with van der Waals surface area (Å²) >= 11 is 0. The maximum absolute atomic E-state index is 11.9. The Morgan fingerprint density at radius 2 is 1.74 bits per heavy atom. The lowest BCUT2D eigenvalue weighted by Crippen LogP contribution is -2.16. The minimum Gasteiger partial charge on any atom is -0.465 e. The van der Waals surface area contributed by atoms with Gasteiger partial charge in [0.15, 0.2) is 5.43 Å². The third-order valence-electron chi connectivity index (χ3n) is 2.72. The molecule has 1 heterocycles. The number of hydrogen-bond acceptors (Lipinski definition) is 5. The number of hydrogen-bond donors (Lipinski definition) is 1. The molecule has 0 saturated carbocycles. The van der Waals surface area contributed by atoms with Crippen LogP contribution in [0.15, 0.2) is 29.2 Å². The fourth-order valence-corrected chi connectivity index (χ4v) is 1.86. The Bertz CT molecular complexity index is 717. The maximum atomic E-state index is 11.9. The van der Waals surface area contributed by atoms with Crippen molar-refractivity contribution in [2.45, 2.75) is 0 Å². The number of fused-ring (bicyclic) bond motifs is 1. The molecule has 2 aromatic rings. The standard InChI is InChI=1S/C13H11NO5/c1-18-12(16)7-3-4-8-11(9(15)5-6-14-8)10(7)13(17)19-2/h3-6H,1-2H3,(H,14,15). The average molecular weight is 261 g/mol. The molecule has 6 nitrogen and oxygen atoms in total. The summed E-state index contributed by atoms with van der Waals surface area (Å²) in [6, 6.07) is 4.22. The summed E-state index contributed by atoms with van der Waals surface area (Å²) in [7, 11) is 2.38. The summed E-state index contributed by atoms with van der Waals surface area (Å²) in [5.74, 6) is -1.46. The Labute approximate surface area is 108 Å². The number of aromatic amines is 1. The number of ether oxygens (including phenoxy) is 2. The highest BCUT2D eigenvalue weighted by molar-refractivity contribution is 6.11. The van der Waals surface area contributed by atoms with Gasteiger partial charge < -0.3 is 14.5 Å². The second kappa shape index (κ2) is 4.93. The van der Waals surface area contributed by atoms with E-state index in [1.165, 1.54) is 38.6 Å². The molecule has 1 aromatic carbocycles. The number of pyridine rings is 1. The number of carbonyl (C=O) groups is 2. The smallest absolute Gasteiger partial charge is 0.339 e. The van der Waals surface area contributed by atoms with Gasteiger partial charge in [-0.2, -0.15) is 0 Å².